The Balaban J connectivity index is 0.000000324. The van der Waals surface area contributed by atoms with Crippen molar-refractivity contribution in [2.45, 2.75) is 12.8 Å². The van der Waals surface area contributed by atoms with Gasteiger partial charge in [0.05, 0.1) is 0 Å². The number of hydrogen-bond acceptors (Lipinski definition) is 2. The summed E-state index contributed by atoms with van der Waals surface area (Å²) in [5, 5.41) is 0. The molecule has 0 unspecified atom stereocenters. The number of hydrogen-bond donors (Lipinski definition) is 2. The van der Waals surface area contributed by atoms with Crippen molar-refractivity contribution >= 4 is 0 Å². The minimum atomic E-state index is 0. The third-order valence-corrected chi connectivity index (χ3v) is 2.39. The summed E-state index contributed by atoms with van der Waals surface area (Å²) in [6.45, 7) is 3.32. The van der Waals surface area contributed by atoms with Gasteiger partial charge in [-0.1, -0.05) is 71.8 Å². The average molecular weight is 347 g/mol. The molecule has 0 saturated heterocycles. The van der Waals surface area contributed by atoms with Crippen LogP contribution >= 0.6 is 0 Å². The molecule has 0 aliphatic carbocycles. The maximum absolute atomic E-state index is 5.24. The Hall–Kier alpha value is -0.978. The predicted molar refractivity (Wildman–Crippen MR) is 77.3 cm³/mol. The van der Waals surface area contributed by atoms with Crippen LogP contribution in [0.3, 0.4) is 0 Å². The van der Waals surface area contributed by atoms with Gasteiger partial charge in [0.15, 0.2) is 0 Å². The van der Waals surface area contributed by atoms with E-state index in [2.05, 4.69) is 24.3 Å². The van der Waals surface area contributed by atoms with Crippen molar-refractivity contribution in [2.75, 3.05) is 0 Å². The van der Waals surface area contributed by atoms with Crippen LogP contribution < -0.4 is 11.5 Å². The molecular formula is C16H20N2Pd. The molecule has 0 aliphatic heterocycles. The number of rotatable bonds is 4. The van der Waals surface area contributed by atoms with Gasteiger partial charge in [-0.2, -0.15) is 0 Å². The van der Waals surface area contributed by atoms with Crippen LogP contribution in [0, 0.1) is 13.1 Å². The summed E-state index contributed by atoms with van der Waals surface area (Å²) < 4.78 is 0. The minimum absolute atomic E-state index is 0. The largest absolute Gasteiger partial charge is 2.00 e. The van der Waals surface area contributed by atoms with Gasteiger partial charge in [-0.25, -0.2) is 0 Å². The van der Waals surface area contributed by atoms with E-state index in [0.717, 1.165) is 12.8 Å². The molecule has 2 aromatic rings. The molecule has 4 N–H and O–H groups in total. The topological polar surface area (TPSA) is 52.0 Å². The maximum atomic E-state index is 5.24. The van der Waals surface area contributed by atoms with Gasteiger partial charge in [-0.15, -0.1) is 12.8 Å². The molecule has 0 aliphatic rings. The third kappa shape index (κ3) is 8.69. The number of nitrogens with two attached hydrogens (primary N) is 2. The zero-order valence-corrected chi connectivity index (χ0v) is 12.4. The van der Waals surface area contributed by atoms with E-state index < -0.39 is 0 Å². The Kier molecular flexibility index (Phi) is 11.5. The first-order valence-electron chi connectivity index (χ1n) is 6.01. The first-order chi connectivity index (χ1) is 8.86. The van der Waals surface area contributed by atoms with Gasteiger partial charge in [0.25, 0.3) is 0 Å². The molecule has 3 heteroatoms. The van der Waals surface area contributed by atoms with Gasteiger partial charge in [-0.05, 0) is 0 Å². The second-order valence-corrected chi connectivity index (χ2v) is 3.85. The van der Waals surface area contributed by atoms with Crippen molar-refractivity contribution < 1.29 is 20.4 Å². The second kappa shape index (κ2) is 12.1. The predicted octanol–water partition coefficient (Wildman–Crippen LogP) is 2.70. The van der Waals surface area contributed by atoms with E-state index in [9.17, 15) is 0 Å². The van der Waals surface area contributed by atoms with E-state index >= 15 is 0 Å². The zero-order chi connectivity index (χ0) is 13.1. The van der Waals surface area contributed by atoms with Gasteiger partial charge in [-0.3, -0.25) is 13.1 Å². The van der Waals surface area contributed by atoms with Crippen molar-refractivity contribution in [3.8, 4) is 0 Å². The second-order valence-electron chi connectivity index (χ2n) is 3.85. The monoisotopic (exact) mass is 346 g/mol. The summed E-state index contributed by atoms with van der Waals surface area (Å²) in [5.41, 5.74) is 13.0. The van der Waals surface area contributed by atoms with Crippen LogP contribution in [-0.2, 0) is 33.3 Å². The van der Waals surface area contributed by atoms with Crippen LogP contribution in [0.15, 0.2) is 60.7 Å². The van der Waals surface area contributed by atoms with Crippen molar-refractivity contribution in [1.82, 2.24) is 0 Å². The summed E-state index contributed by atoms with van der Waals surface area (Å²) in [5.74, 6) is 0. The van der Waals surface area contributed by atoms with Crippen LogP contribution in [0.1, 0.15) is 11.1 Å². The standard InChI is InChI=1S/2C8H10N.Pd/c2*9-7-6-8-4-2-1-3-5-8;/h2*1-5,7H,6,9H2;/q2*-1;+2. The third-order valence-electron chi connectivity index (χ3n) is 2.39. The maximum Gasteiger partial charge on any atom is 2.00 e. The molecule has 104 valence electrons. The van der Waals surface area contributed by atoms with Crippen LogP contribution in [0.4, 0.5) is 0 Å². The summed E-state index contributed by atoms with van der Waals surface area (Å²) in [6, 6.07) is 20.3. The molecule has 0 atom stereocenters. The van der Waals surface area contributed by atoms with Crippen LogP contribution in [0.2, 0.25) is 0 Å². The molecule has 19 heavy (non-hydrogen) atoms. The van der Waals surface area contributed by atoms with Crippen molar-refractivity contribution in [3.63, 3.8) is 0 Å². The van der Waals surface area contributed by atoms with E-state index in [4.69, 9.17) is 11.5 Å². The molecule has 0 aromatic heterocycles. The Morgan fingerprint density at radius 1 is 0.632 bits per heavy atom. The van der Waals surface area contributed by atoms with E-state index in [1.54, 1.807) is 13.1 Å². The van der Waals surface area contributed by atoms with Gasteiger partial charge in [0.2, 0.25) is 0 Å². The zero-order valence-electron chi connectivity index (χ0n) is 10.8. The Morgan fingerprint density at radius 2 is 0.947 bits per heavy atom. The fourth-order valence-electron chi connectivity index (χ4n) is 1.50. The molecule has 2 nitrogen and oxygen atoms in total. The molecule has 0 heterocycles. The van der Waals surface area contributed by atoms with Crippen molar-refractivity contribution in [3.05, 3.63) is 84.9 Å². The van der Waals surface area contributed by atoms with Crippen molar-refractivity contribution in [2.24, 2.45) is 11.5 Å². The molecule has 2 aromatic carbocycles. The van der Waals surface area contributed by atoms with Crippen LogP contribution in [0.25, 0.3) is 0 Å². The SMILES string of the molecule is N[CH-]Cc1ccccc1.N[CH-]Cc1ccccc1.[Pd+2]. The molecule has 0 amide bonds. The first kappa shape index (κ1) is 18.0. The molecule has 0 spiro atoms. The Bertz CT molecular complexity index is 362. The van der Waals surface area contributed by atoms with E-state index in [0.29, 0.717) is 0 Å². The van der Waals surface area contributed by atoms with Gasteiger partial charge in [0.1, 0.15) is 0 Å². The smallest absolute Gasteiger partial charge is 0.483 e. The van der Waals surface area contributed by atoms with E-state index in [1.165, 1.54) is 11.1 Å². The summed E-state index contributed by atoms with van der Waals surface area (Å²) in [6.07, 6.45) is 1.72. The molecule has 0 fully saturated rings. The van der Waals surface area contributed by atoms with Gasteiger partial charge < -0.3 is 11.5 Å². The molecule has 0 bridgehead atoms. The minimum Gasteiger partial charge on any atom is -0.483 e. The van der Waals surface area contributed by atoms with Crippen molar-refractivity contribution in [1.29, 1.82) is 0 Å². The summed E-state index contributed by atoms with van der Waals surface area (Å²) >= 11 is 0. The summed E-state index contributed by atoms with van der Waals surface area (Å²) in [4.78, 5) is 0. The van der Waals surface area contributed by atoms with E-state index in [1.807, 2.05) is 36.4 Å². The average Bonchev–Trinajstić information content (AvgIpc) is 2.43. The summed E-state index contributed by atoms with van der Waals surface area (Å²) in [7, 11) is 0. The molecule has 0 radical (unpaired) electrons. The molecular weight excluding hydrogens is 327 g/mol. The van der Waals surface area contributed by atoms with Gasteiger partial charge >= 0.3 is 20.4 Å². The fraction of sp³-hybridized carbons (Fsp3) is 0.125. The molecule has 0 saturated carbocycles. The molecule has 2 rings (SSSR count). The van der Waals surface area contributed by atoms with Crippen LogP contribution in [-0.4, -0.2) is 0 Å². The Labute approximate surface area is 129 Å². The normalized spacial score (nSPS) is 8.95. The number of benzene rings is 2. The van der Waals surface area contributed by atoms with Gasteiger partial charge in [0, 0.05) is 0 Å². The fourth-order valence-corrected chi connectivity index (χ4v) is 1.50. The first-order valence-corrected chi connectivity index (χ1v) is 6.01. The van der Waals surface area contributed by atoms with E-state index in [-0.39, 0.29) is 20.4 Å². The quantitative estimate of drug-likeness (QED) is 0.660. The Morgan fingerprint density at radius 3 is 1.21 bits per heavy atom. The van der Waals surface area contributed by atoms with Crippen LogP contribution in [0.5, 0.6) is 0 Å².